The number of nitrogens with zero attached hydrogens (tertiary/aromatic N) is 1. The lowest BCUT2D eigenvalue weighted by Gasteiger charge is -2.07. The third-order valence-electron chi connectivity index (χ3n) is 2.36. The molecule has 0 saturated carbocycles. The van der Waals surface area contributed by atoms with Crippen molar-refractivity contribution in [2.45, 2.75) is 26.3 Å². The van der Waals surface area contributed by atoms with Crippen molar-refractivity contribution in [2.75, 3.05) is 7.11 Å². The maximum absolute atomic E-state index is 11.5. The smallest absolute Gasteiger partial charge is 0.249 e. The van der Waals surface area contributed by atoms with Gasteiger partial charge in [-0.25, -0.2) is 5.43 Å². The summed E-state index contributed by atoms with van der Waals surface area (Å²) >= 11 is 3.34. The van der Waals surface area contributed by atoms with E-state index >= 15 is 0 Å². The van der Waals surface area contributed by atoms with Gasteiger partial charge in [-0.3, -0.25) is 9.59 Å². The highest BCUT2D eigenvalue weighted by Gasteiger charge is 2.09. The van der Waals surface area contributed by atoms with Crippen LogP contribution in [0.5, 0.6) is 5.75 Å². The van der Waals surface area contributed by atoms with Gasteiger partial charge in [0.2, 0.25) is 11.8 Å². The van der Waals surface area contributed by atoms with Crippen molar-refractivity contribution in [2.24, 2.45) is 5.10 Å². The monoisotopic (exact) mass is 355 g/mol. The van der Waals surface area contributed by atoms with E-state index in [1.54, 1.807) is 19.2 Å². The van der Waals surface area contributed by atoms with E-state index in [0.717, 1.165) is 4.47 Å². The molecule has 0 saturated heterocycles. The molecule has 0 aliphatic heterocycles. The van der Waals surface area contributed by atoms with Gasteiger partial charge in [-0.05, 0) is 32.0 Å². The van der Waals surface area contributed by atoms with E-state index < -0.39 is 5.91 Å². The van der Waals surface area contributed by atoms with Crippen LogP contribution in [0.15, 0.2) is 27.8 Å². The van der Waals surface area contributed by atoms with E-state index in [0.29, 0.717) is 11.3 Å². The Morgan fingerprint density at radius 3 is 2.71 bits per heavy atom. The quantitative estimate of drug-likeness (QED) is 0.464. The van der Waals surface area contributed by atoms with E-state index in [4.69, 9.17) is 4.74 Å². The molecule has 0 heterocycles. The molecule has 0 spiro atoms. The summed E-state index contributed by atoms with van der Waals surface area (Å²) in [6, 6.07) is 5.42. The zero-order valence-corrected chi connectivity index (χ0v) is 13.7. The van der Waals surface area contributed by atoms with E-state index in [1.165, 1.54) is 6.21 Å². The van der Waals surface area contributed by atoms with Gasteiger partial charge in [0.1, 0.15) is 12.2 Å². The van der Waals surface area contributed by atoms with Crippen molar-refractivity contribution in [1.29, 1.82) is 0 Å². The number of amides is 2. The van der Waals surface area contributed by atoms with Crippen LogP contribution in [0, 0.1) is 0 Å². The van der Waals surface area contributed by atoms with Crippen molar-refractivity contribution in [3.8, 4) is 5.75 Å². The molecular formula is C14H18BrN3O3. The Morgan fingerprint density at radius 2 is 2.10 bits per heavy atom. The Hall–Kier alpha value is -1.89. The summed E-state index contributed by atoms with van der Waals surface area (Å²) in [4.78, 5) is 22.9. The van der Waals surface area contributed by atoms with Crippen LogP contribution >= 0.6 is 15.9 Å². The number of nitrogens with one attached hydrogen (secondary N) is 2. The average molecular weight is 356 g/mol. The van der Waals surface area contributed by atoms with Gasteiger partial charge >= 0.3 is 0 Å². The first kappa shape index (κ1) is 17.2. The second kappa shape index (κ2) is 8.41. The molecule has 6 nitrogen and oxygen atoms in total. The highest BCUT2D eigenvalue weighted by Crippen LogP contribution is 2.21. The molecule has 1 rings (SSSR count). The zero-order chi connectivity index (χ0) is 15.8. The van der Waals surface area contributed by atoms with Gasteiger partial charge < -0.3 is 10.1 Å². The van der Waals surface area contributed by atoms with Crippen molar-refractivity contribution < 1.29 is 14.3 Å². The van der Waals surface area contributed by atoms with Crippen LogP contribution in [-0.2, 0) is 9.59 Å². The van der Waals surface area contributed by atoms with Crippen molar-refractivity contribution >= 4 is 34.0 Å². The molecule has 0 atom stereocenters. The molecule has 21 heavy (non-hydrogen) atoms. The number of carbonyl (C=O) groups excluding carboxylic acids is 2. The van der Waals surface area contributed by atoms with Crippen LogP contribution in [0.1, 0.15) is 25.8 Å². The SMILES string of the molecule is COc1ccc(Br)cc1/C=N\NC(=O)CC(=O)NC(C)C. The Balaban J connectivity index is 2.56. The second-order valence-corrected chi connectivity index (χ2v) is 5.49. The number of benzene rings is 1. The van der Waals surface area contributed by atoms with Gasteiger partial charge in [-0.15, -0.1) is 0 Å². The van der Waals surface area contributed by atoms with Crippen LogP contribution in [-0.4, -0.2) is 31.2 Å². The van der Waals surface area contributed by atoms with Crippen LogP contribution in [0.2, 0.25) is 0 Å². The van der Waals surface area contributed by atoms with Crippen LogP contribution in [0.25, 0.3) is 0 Å². The van der Waals surface area contributed by atoms with Crippen molar-refractivity contribution in [3.05, 3.63) is 28.2 Å². The molecule has 0 aliphatic rings. The molecule has 0 aliphatic carbocycles. The normalized spacial score (nSPS) is 10.7. The molecule has 7 heteroatoms. The first-order valence-corrected chi connectivity index (χ1v) is 7.16. The van der Waals surface area contributed by atoms with Gasteiger partial charge in [0.15, 0.2) is 0 Å². The fourth-order valence-electron chi connectivity index (χ4n) is 1.54. The molecule has 0 radical (unpaired) electrons. The molecule has 0 aromatic heterocycles. The van der Waals surface area contributed by atoms with Crippen molar-refractivity contribution in [1.82, 2.24) is 10.7 Å². The summed E-state index contributed by atoms with van der Waals surface area (Å²) in [5.41, 5.74) is 3.01. The number of halogens is 1. The topological polar surface area (TPSA) is 79.8 Å². The number of carbonyl (C=O) groups is 2. The van der Waals surface area contributed by atoms with E-state index in [-0.39, 0.29) is 18.4 Å². The summed E-state index contributed by atoms with van der Waals surface area (Å²) in [7, 11) is 1.55. The molecule has 114 valence electrons. The lowest BCUT2D eigenvalue weighted by Crippen LogP contribution is -2.34. The van der Waals surface area contributed by atoms with Crippen LogP contribution < -0.4 is 15.5 Å². The maximum Gasteiger partial charge on any atom is 0.249 e. The molecule has 0 unspecified atom stereocenters. The fourth-order valence-corrected chi connectivity index (χ4v) is 1.92. The Labute approximate surface area is 132 Å². The van der Waals surface area contributed by atoms with Gasteiger partial charge in [-0.1, -0.05) is 15.9 Å². The third-order valence-corrected chi connectivity index (χ3v) is 2.85. The highest BCUT2D eigenvalue weighted by atomic mass is 79.9. The average Bonchev–Trinajstić information content (AvgIpc) is 2.37. The molecule has 0 bridgehead atoms. The lowest BCUT2D eigenvalue weighted by molar-refractivity contribution is -0.129. The summed E-state index contributed by atoms with van der Waals surface area (Å²) in [6.07, 6.45) is 1.20. The summed E-state index contributed by atoms with van der Waals surface area (Å²) < 4.78 is 6.05. The number of ether oxygens (including phenoxy) is 1. The minimum absolute atomic E-state index is 0.000249. The summed E-state index contributed by atoms with van der Waals surface area (Å²) in [5, 5.41) is 6.45. The largest absolute Gasteiger partial charge is 0.496 e. The van der Waals surface area contributed by atoms with E-state index in [1.807, 2.05) is 19.9 Å². The lowest BCUT2D eigenvalue weighted by atomic mass is 10.2. The Bertz CT molecular complexity index is 544. The number of hydrogen-bond donors (Lipinski definition) is 2. The first-order valence-electron chi connectivity index (χ1n) is 6.37. The van der Waals surface area contributed by atoms with E-state index in [9.17, 15) is 9.59 Å². The molecule has 1 aromatic rings. The number of rotatable bonds is 6. The molecular weight excluding hydrogens is 338 g/mol. The van der Waals surface area contributed by atoms with Gasteiger partial charge in [0.25, 0.3) is 0 Å². The molecule has 2 N–H and O–H groups in total. The fraction of sp³-hybridized carbons (Fsp3) is 0.357. The number of methoxy groups -OCH3 is 1. The van der Waals surface area contributed by atoms with Gasteiger partial charge in [-0.2, -0.15) is 5.10 Å². The highest BCUT2D eigenvalue weighted by molar-refractivity contribution is 9.10. The van der Waals surface area contributed by atoms with Gasteiger partial charge in [0, 0.05) is 16.1 Å². The summed E-state index contributed by atoms with van der Waals surface area (Å²) in [6.45, 7) is 3.65. The minimum Gasteiger partial charge on any atom is -0.496 e. The second-order valence-electron chi connectivity index (χ2n) is 4.58. The minimum atomic E-state index is -0.474. The first-order chi connectivity index (χ1) is 9.92. The van der Waals surface area contributed by atoms with E-state index in [2.05, 4.69) is 31.8 Å². The van der Waals surface area contributed by atoms with Crippen LogP contribution in [0.4, 0.5) is 0 Å². The predicted molar refractivity (Wildman–Crippen MR) is 84.3 cm³/mol. The standard InChI is InChI=1S/C14H18BrN3O3/c1-9(2)17-13(19)7-14(20)18-16-8-10-6-11(15)4-5-12(10)21-3/h4-6,8-9H,7H2,1-3H3,(H,17,19)(H,18,20)/b16-8-. The van der Waals surface area contributed by atoms with Gasteiger partial charge in [0.05, 0.1) is 13.3 Å². The molecule has 2 amide bonds. The predicted octanol–water partition coefficient (Wildman–Crippen LogP) is 1.82. The number of hydrazone groups is 1. The van der Waals surface area contributed by atoms with Crippen LogP contribution in [0.3, 0.4) is 0 Å². The maximum atomic E-state index is 11.5. The van der Waals surface area contributed by atoms with Crippen molar-refractivity contribution in [3.63, 3.8) is 0 Å². The molecule has 1 aromatic carbocycles. The zero-order valence-electron chi connectivity index (χ0n) is 12.1. The number of hydrogen-bond acceptors (Lipinski definition) is 4. The molecule has 0 fully saturated rings. The third kappa shape index (κ3) is 6.40. The summed E-state index contributed by atoms with van der Waals surface area (Å²) in [5.74, 6) is -0.176. The Morgan fingerprint density at radius 1 is 1.38 bits per heavy atom. The Kier molecular flexibility index (Phi) is 6.87.